The van der Waals surface area contributed by atoms with Gasteiger partial charge >= 0.3 is 6.01 Å². The lowest BCUT2D eigenvalue weighted by Gasteiger charge is -1.99. The Kier molecular flexibility index (Phi) is 3.59. The van der Waals surface area contributed by atoms with E-state index in [1.807, 2.05) is 24.3 Å². The zero-order valence-corrected chi connectivity index (χ0v) is 9.93. The lowest BCUT2D eigenvalue weighted by atomic mass is 10.2. The van der Waals surface area contributed by atoms with Crippen LogP contribution in [0.2, 0.25) is 0 Å². The lowest BCUT2D eigenvalue weighted by Crippen LogP contribution is -1.99. The molecule has 1 heterocycles. The molecule has 0 unspecified atom stereocenters. The minimum Gasteiger partial charge on any atom is -0.497 e. The van der Waals surface area contributed by atoms with Gasteiger partial charge in [-0.1, -0.05) is 24.2 Å². The van der Waals surface area contributed by atoms with Crippen LogP contribution in [-0.4, -0.2) is 23.8 Å². The molecule has 0 saturated carbocycles. The minimum atomic E-state index is 0.449. The molecule has 90 valence electrons. The largest absolute Gasteiger partial charge is 0.497 e. The highest BCUT2D eigenvalue weighted by atomic mass is 16.5. The Hall–Kier alpha value is -2.04. The second-order valence-corrected chi connectivity index (χ2v) is 3.58. The van der Waals surface area contributed by atoms with E-state index >= 15 is 0 Å². The van der Waals surface area contributed by atoms with Gasteiger partial charge in [0, 0.05) is 12.1 Å². The molecule has 17 heavy (non-hydrogen) atoms. The number of hydrogen-bond donors (Lipinski definition) is 1. The molecule has 0 atom stereocenters. The van der Waals surface area contributed by atoms with E-state index in [1.54, 1.807) is 7.11 Å². The Morgan fingerprint density at radius 3 is 3.06 bits per heavy atom. The number of nitrogens with zero attached hydrogens (tertiary/aromatic N) is 2. The van der Waals surface area contributed by atoms with Crippen LogP contribution in [0.5, 0.6) is 5.75 Å². The molecule has 0 bridgehead atoms. The molecule has 5 nitrogen and oxygen atoms in total. The van der Waals surface area contributed by atoms with Gasteiger partial charge in [-0.15, -0.1) is 0 Å². The molecule has 0 aliphatic carbocycles. The van der Waals surface area contributed by atoms with E-state index < -0.39 is 0 Å². The molecule has 1 N–H and O–H groups in total. The zero-order chi connectivity index (χ0) is 12.1. The Balaban J connectivity index is 2.18. The third-order valence-corrected chi connectivity index (χ3v) is 2.28. The number of rotatable bonds is 5. The average Bonchev–Trinajstić information content (AvgIpc) is 2.85. The van der Waals surface area contributed by atoms with Crippen LogP contribution in [0.15, 0.2) is 28.8 Å². The SMILES string of the molecule is CCCNc1nc(-c2cccc(OC)c2)no1. The maximum absolute atomic E-state index is 5.15. The zero-order valence-electron chi connectivity index (χ0n) is 9.93. The standard InChI is InChI=1S/C12H15N3O2/c1-3-7-13-12-14-11(15-17-12)9-5-4-6-10(8-9)16-2/h4-6,8H,3,7H2,1-2H3,(H,13,14,15). The van der Waals surface area contributed by atoms with Gasteiger partial charge in [0.1, 0.15) is 5.75 Å². The van der Waals surface area contributed by atoms with E-state index in [0.29, 0.717) is 11.8 Å². The van der Waals surface area contributed by atoms with Crippen molar-refractivity contribution in [1.82, 2.24) is 10.1 Å². The molecule has 0 aliphatic heterocycles. The van der Waals surface area contributed by atoms with Crippen molar-refractivity contribution in [2.45, 2.75) is 13.3 Å². The first kappa shape index (κ1) is 11.4. The van der Waals surface area contributed by atoms with Gasteiger partial charge in [0.05, 0.1) is 7.11 Å². The summed E-state index contributed by atoms with van der Waals surface area (Å²) in [5, 5.41) is 6.95. The van der Waals surface area contributed by atoms with E-state index in [2.05, 4.69) is 22.4 Å². The van der Waals surface area contributed by atoms with Crippen molar-refractivity contribution in [3.63, 3.8) is 0 Å². The van der Waals surface area contributed by atoms with Crippen LogP contribution in [0.3, 0.4) is 0 Å². The summed E-state index contributed by atoms with van der Waals surface area (Å²) in [4.78, 5) is 4.25. The number of benzene rings is 1. The fourth-order valence-corrected chi connectivity index (χ4v) is 1.41. The highest BCUT2D eigenvalue weighted by Crippen LogP contribution is 2.22. The number of anilines is 1. The van der Waals surface area contributed by atoms with Gasteiger partial charge in [0.15, 0.2) is 0 Å². The molecule has 0 radical (unpaired) electrons. The van der Waals surface area contributed by atoms with Gasteiger partial charge in [0.25, 0.3) is 0 Å². The van der Waals surface area contributed by atoms with Crippen LogP contribution in [0, 0.1) is 0 Å². The maximum Gasteiger partial charge on any atom is 0.321 e. The Morgan fingerprint density at radius 2 is 2.29 bits per heavy atom. The van der Waals surface area contributed by atoms with Crippen LogP contribution in [-0.2, 0) is 0 Å². The van der Waals surface area contributed by atoms with Gasteiger partial charge in [-0.25, -0.2) is 0 Å². The van der Waals surface area contributed by atoms with Crippen molar-refractivity contribution in [1.29, 1.82) is 0 Å². The van der Waals surface area contributed by atoms with Gasteiger partial charge in [0.2, 0.25) is 5.82 Å². The van der Waals surface area contributed by atoms with E-state index in [9.17, 15) is 0 Å². The first-order valence-electron chi connectivity index (χ1n) is 5.55. The van der Waals surface area contributed by atoms with Crippen LogP contribution in [0.4, 0.5) is 6.01 Å². The van der Waals surface area contributed by atoms with Crippen molar-refractivity contribution in [2.24, 2.45) is 0 Å². The molecule has 0 amide bonds. The van der Waals surface area contributed by atoms with E-state index in [1.165, 1.54) is 0 Å². The second-order valence-electron chi connectivity index (χ2n) is 3.58. The Bertz CT molecular complexity index is 482. The molecule has 2 aromatic rings. The Morgan fingerprint density at radius 1 is 1.41 bits per heavy atom. The highest BCUT2D eigenvalue weighted by molar-refractivity contribution is 5.57. The van der Waals surface area contributed by atoms with Gasteiger partial charge < -0.3 is 14.6 Å². The van der Waals surface area contributed by atoms with Crippen molar-refractivity contribution in [3.8, 4) is 17.1 Å². The summed E-state index contributed by atoms with van der Waals surface area (Å²) in [5.41, 5.74) is 0.873. The molecular weight excluding hydrogens is 218 g/mol. The van der Waals surface area contributed by atoms with Gasteiger partial charge in [-0.2, -0.15) is 4.98 Å². The maximum atomic E-state index is 5.15. The van der Waals surface area contributed by atoms with Crippen LogP contribution < -0.4 is 10.1 Å². The summed E-state index contributed by atoms with van der Waals surface area (Å²) >= 11 is 0. The van der Waals surface area contributed by atoms with Crippen molar-refractivity contribution in [3.05, 3.63) is 24.3 Å². The van der Waals surface area contributed by atoms with Crippen LogP contribution in [0.1, 0.15) is 13.3 Å². The monoisotopic (exact) mass is 233 g/mol. The van der Waals surface area contributed by atoms with Crippen molar-refractivity contribution >= 4 is 6.01 Å². The van der Waals surface area contributed by atoms with Gasteiger partial charge in [-0.3, -0.25) is 0 Å². The lowest BCUT2D eigenvalue weighted by molar-refractivity contribution is 0.414. The number of ether oxygens (including phenoxy) is 1. The van der Waals surface area contributed by atoms with Crippen molar-refractivity contribution < 1.29 is 9.26 Å². The third kappa shape index (κ3) is 2.75. The topological polar surface area (TPSA) is 60.2 Å². The summed E-state index contributed by atoms with van der Waals surface area (Å²) in [7, 11) is 1.63. The van der Waals surface area contributed by atoms with Gasteiger partial charge in [-0.05, 0) is 18.6 Å². The predicted molar refractivity (Wildman–Crippen MR) is 65.1 cm³/mol. The number of aromatic nitrogens is 2. The highest BCUT2D eigenvalue weighted by Gasteiger charge is 2.08. The minimum absolute atomic E-state index is 0.449. The summed E-state index contributed by atoms with van der Waals surface area (Å²) in [6, 6.07) is 8.00. The molecule has 0 saturated heterocycles. The molecule has 1 aromatic carbocycles. The van der Waals surface area contributed by atoms with Crippen molar-refractivity contribution in [2.75, 3.05) is 19.0 Å². The van der Waals surface area contributed by atoms with E-state index in [0.717, 1.165) is 24.3 Å². The molecular formula is C12H15N3O2. The summed E-state index contributed by atoms with van der Waals surface area (Å²) < 4.78 is 10.2. The quantitative estimate of drug-likeness (QED) is 0.860. The van der Waals surface area contributed by atoms with E-state index in [-0.39, 0.29) is 0 Å². The molecule has 0 fully saturated rings. The molecule has 0 spiro atoms. The fraction of sp³-hybridized carbons (Fsp3) is 0.333. The smallest absolute Gasteiger partial charge is 0.321 e. The van der Waals surface area contributed by atoms with E-state index in [4.69, 9.17) is 9.26 Å². The number of nitrogens with one attached hydrogen (secondary N) is 1. The van der Waals surface area contributed by atoms with Crippen LogP contribution in [0.25, 0.3) is 11.4 Å². The number of hydrogen-bond acceptors (Lipinski definition) is 5. The summed E-state index contributed by atoms with van der Waals surface area (Å²) in [5.74, 6) is 1.33. The average molecular weight is 233 g/mol. The summed E-state index contributed by atoms with van der Waals surface area (Å²) in [6.45, 7) is 2.89. The fourth-order valence-electron chi connectivity index (χ4n) is 1.41. The Labute approximate surface area is 99.8 Å². The number of methoxy groups -OCH3 is 1. The van der Waals surface area contributed by atoms with Crippen LogP contribution >= 0.6 is 0 Å². The summed E-state index contributed by atoms with van der Waals surface area (Å²) in [6.07, 6.45) is 1.01. The molecule has 2 rings (SSSR count). The predicted octanol–water partition coefficient (Wildman–Crippen LogP) is 2.57. The first-order valence-corrected chi connectivity index (χ1v) is 5.55. The third-order valence-electron chi connectivity index (χ3n) is 2.28. The second kappa shape index (κ2) is 5.34. The normalized spacial score (nSPS) is 10.2. The molecule has 0 aliphatic rings. The molecule has 5 heteroatoms. The first-order chi connectivity index (χ1) is 8.33. The molecule has 1 aromatic heterocycles.